The topological polar surface area (TPSA) is 81.8 Å². The molecular formula is C17H13F2NO5. The summed E-state index contributed by atoms with van der Waals surface area (Å²) in [6.07, 6.45) is 1.33. The number of aryl methyl sites for hydroxylation is 1. The zero-order chi connectivity index (χ0) is 18.0. The predicted octanol–water partition coefficient (Wildman–Crippen LogP) is 4.01. The van der Waals surface area contributed by atoms with Crippen LogP contribution >= 0.6 is 0 Å². The second kappa shape index (κ2) is 6.76. The first-order chi connectivity index (χ1) is 12.0. The van der Waals surface area contributed by atoms with Crippen LogP contribution in [0.3, 0.4) is 0 Å². The number of ether oxygens (including phenoxy) is 2. The summed E-state index contributed by atoms with van der Waals surface area (Å²) in [5.41, 5.74) is 0.818. The number of carboxylic acid groups (broad SMARTS) is 1. The van der Waals surface area contributed by atoms with Gasteiger partial charge in [-0.25, -0.2) is 9.78 Å². The van der Waals surface area contributed by atoms with Gasteiger partial charge in [-0.15, -0.1) is 0 Å². The normalized spacial score (nSPS) is 11.0. The van der Waals surface area contributed by atoms with Crippen molar-refractivity contribution in [1.82, 2.24) is 4.98 Å². The van der Waals surface area contributed by atoms with Gasteiger partial charge in [0.15, 0.2) is 0 Å². The molecule has 0 amide bonds. The summed E-state index contributed by atoms with van der Waals surface area (Å²) in [5.74, 6) is -0.667. The largest absolute Gasteiger partial charge is 0.489 e. The molecule has 0 aliphatic rings. The number of nitrogens with zero attached hydrogens (tertiary/aromatic N) is 1. The molecule has 0 saturated carbocycles. The first kappa shape index (κ1) is 16.7. The zero-order valence-corrected chi connectivity index (χ0v) is 13.0. The second-order valence-electron chi connectivity index (χ2n) is 5.13. The van der Waals surface area contributed by atoms with Crippen molar-refractivity contribution in [2.45, 2.75) is 20.1 Å². The first-order valence-electron chi connectivity index (χ1n) is 7.23. The molecule has 3 aromatic rings. The van der Waals surface area contributed by atoms with Gasteiger partial charge in [0.05, 0.1) is 5.56 Å². The molecule has 1 N–H and O–H groups in total. The molecular weight excluding hydrogens is 336 g/mol. The zero-order valence-electron chi connectivity index (χ0n) is 13.0. The number of rotatable bonds is 6. The van der Waals surface area contributed by atoms with Gasteiger partial charge in [0, 0.05) is 11.6 Å². The van der Waals surface area contributed by atoms with E-state index < -0.39 is 12.6 Å². The van der Waals surface area contributed by atoms with Crippen molar-refractivity contribution in [2.75, 3.05) is 0 Å². The molecule has 0 aliphatic carbocycles. The van der Waals surface area contributed by atoms with E-state index in [0.717, 1.165) is 0 Å². The molecule has 0 unspecified atom stereocenters. The number of hydrogen-bond acceptors (Lipinski definition) is 5. The van der Waals surface area contributed by atoms with Crippen LogP contribution in [0.2, 0.25) is 0 Å². The Hall–Kier alpha value is -3.16. The Kier molecular flexibility index (Phi) is 4.51. The van der Waals surface area contributed by atoms with Crippen LogP contribution < -0.4 is 9.47 Å². The lowest BCUT2D eigenvalue weighted by Crippen LogP contribution is -2.07. The summed E-state index contributed by atoms with van der Waals surface area (Å²) in [7, 11) is 0. The maximum atomic E-state index is 12.4. The number of carbonyl (C=O) groups is 1. The molecule has 0 saturated heterocycles. The molecule has 1 aromatic carbocycles. The van der Waals surface area contributed by atoms with Gasteiger partial charge < -0.3 is 19.0 Å². The number of hydrogen-bond donors (Lipinski definition) is 1. The monoisotopic (exact) mass is 349 g/mol. The van der Waals surface area contributed by atoms with Gasteiger partial charge in [-0.05, 0) is 37.3 Å². The number of fused-ring (bicyclic) bond motifs is 1. The van der Waals surface area contributed by atoms with Gasteiger partial charge >= 0.3 is 12.6 Å². The molecule has 130 valence electrons. The fourth-order valence-electron chi connectivity index (χ4n) is 2.44. The highest BCUT2D eigenvalue weighted by molar-refractivity contribution is 6.03. The van der Waals surface area contributed by atoms with E-state index in [-0.39, 0.29) is 18.1 Å². The third kappa shape index (κ3) is 3.52. The standard InChI is InChI=1S/C17H13F2NO5/c1-9-14(16(21)22)12-7-11(4-5-13(12)24-9)23-8-10-3-2-6-20-15(10)25-17(18)19/h2-7,17H,8H2,1H3,(H,21,22). The maximum Gasteiger partial charge on any atom is 0.388 e. The van der Waals surface area contributed by atoms with Gasteiger partial charge in [0.1, 0.15) is 29.3 Å². The predicted molar refractivity (Wildman–Crippen MR) is 83.1 cm³/mol. The summed E-state index contributed by atoms with van der Waals surface area (Å²) in [6, 6.07) is 7.83. The summed E-state index contributed by atoms with van der Waals surface area (Å²) in [6.45, 7) is -1.49. The van der Waals surface area contributed by atoms with E-state index in [0.29, 0.717) is 28.0 Å². The Bertz CT molecular complexity index is 923. The number of halogens is 2. The summed E-state index contributed by atoms with van der Waals surface area (Å²) in [5, 5.41) is 9.68. The average Bonchev–Trinajstić information content (AvgIpc) is 2.88. The van der Waals surface area contributed by atoms with Crippen molar-refractivity contribution in [3.63, 3.8) is 0 Å². The highest BCUT2D eigenvalue weighted by atomic mass is 19.3. The van der Waals surface area contributed by atoms with Crippen molar-refractivity contribution in [3.05, 3.63) is 53.4 Å². The van der Waals surface area contributed by atoms with Crippen LogP contribution in [0.15, 0.2) is 40.9 Å². The molecule has 3 rings (SSSR count). The molecule has 25 heavy (non-hydrogen) atoms. The van der Waals surface area contributed by atoms with Crippen molar-refractivity contribution in [3.8, 4) is 11.6 Å². The summed E-state index contributed by atoms with van der Waals surface area (Å²) >= 11 is 0. The minimum Gasteiger partial charge on any atom is -0.489 e. The van der Waals surface area contributed by atoms with E-state index in [1.54, 1.807) is 31.2 Å². The number of aromatic nitrogens is 1. The number of pyridine rings is 1. The van der Waals surface area contributed by atoms with E-state index >= 15 is 0 Å². The molecule has 6 nitrogen and oxygen atoms in total. The van der Waals surface area contributed by atoms with E-state index in [2.05, 4.69) is 9.72 Å². The van der Waals surface area contributed by atoms with Crippen molar-refractivity contribution in [2.24, 2.45) is 0 Å². The number of aromatic carboxylic acids is 1. The molecule has 0 fully saturated rings. The van der Waals surface area contributed by atoms with Crippen molar-refractivity contribution >= 4 is 16.9 Å². The maximum absolute atomic E-state index is 12.4. The summed E-state index contributed by atoms with van der Waals surface area (Å²) < 4.78 is 40.1. The number of alkyl halides is 2. The first-order valence-corrected chi connectivity index (χ1v) is 7.23. The minimum atomic E-state index is -2.99. The van der Waals surface area contributed by atoms with Crippen LogP contribution in [0.25, 0.3) is 11.0 Å². The molecule has 8 heteroatoms. The van der Waals surface area contributed by atoms with Gasteiger partial charge in [-0.3, -0.25) is 0 Å². The molecule has 0 atom stereocenters. The van der Waals surface area contributed by atoms with E-state index in [4.69, 9.17) is 9.15 Å². The second-order valence-corrected chi connectivity index (χ2v) is 5.13. The van der Waals surface area contributed by atoms with Crippen LogP contribution in [-0.4, -0.2) is 22.7 Å². The van der Waals surface area contributed by atoms with Gasteiger partial charge in [-0.1, -0.05) is 0 Å². The molecule has 2 aromatic heterocycles. The highest BCUT2D eigenvalue weighted by Gasteiger charge is 2.18. The smallest absolute Gasteiger partial charge is 0.388 e. The Balaban J connectivity index is 1.85. The van der Waals surface area contributed by atoms with E-state index in [9.17, 15) is 18.7 Å². The van der Waals surface area contributed by atoms with Gasteiger partial charge in [0.25, 0.3) is 0 Å². The fraction of sp³-hybridized carbons (Fsp3) is 0.176. The average molecular weight is 349 g/mol. The fourth-order valence-corrected chi connectivity index (χ4v) is 2.44. The van der Waals surface area contributed by atoms with E-state index in [1.165, 1.54) is 12.3 Å². The van der Waals surface area contributed by atoms with Crippen LogP contribution in [0.4, 0.5) is 8.78 Å². The summed E-state index contributed by atoms with van der Waals surface area (Å²) in [4.78, 5) is 15.1. The van der Waals surface area contributed by atoms with Crippen LogP contribution in [0.1, 0.15) is 21.7 Å². The third-order valence-electron chi connectivity index (χ3n) is 3.49. The number of benzene rings is 1. The number of furan rings is 1. The minimum absolute atomic E-state index is 0.0588. The lowest BCUT2D eigenvalue weighted by molar-refractivity contribution is -0.0539. The van der Waals surface area contributed by atoms with Crippen LogP contribution in [-0.2, 0) is 6.61 Å². The SMILES string of the molecule is Cc1oc2ccc(OCc3cccnc3OC(F)F)cc2c1C(=O)O. The Labute approximate surface area is 140 Å². The molecule has 0 bridgehead atoms. The molecule has 0 radical (unpaired) electrons. The number of carboxylic acids is 1. The lowest BCUT2D eigenvalue weighted by atomic mass is 10.1. The Morgan fingerprint density at radius 3 is 2.88 bits per heavy atom. The van der Waals surface area contributed by atoms with Crippen molar-refractivity contribution < 1.29 is 32.6 Å². The van der Waals surface area contributed by atoms with Gasteiger partial charge in [-0.2, -0.15) is 8.78 Å². The molecule has 2 heterocycles. The van der Waals surface area contributed by atoms with Crippen LogP contribution in [0.5, 0.6) is 11.6 Å². The Morgan fingerprint density at radius 2 is 2.16 bits per heavy atom. The molecule has 0 aliphatic heterocycles. The van der Waals surface area contributed by atoms with Crippen LogP contribution in [0, 0.1) is 6.92 Å². The highest BCUT2D eigenvalue weighted by Crippen LogP contribution is 2.30. The molecule has 0 spiro atoms. The van der Waals surface area contributed by atoms with Crippen molar-refractivity contribution in [1.29, 1.82) is 0 Å². The van der Waals surface area contributed by atoms with E-state index in [1.807, 2.05) is 0 Å². The quantitative estimate of drug-likeness (QED) is 0.724. The van der Waals surface area contributed by atoms with Gasteiger partial charge in [0.2, 0.25) is 5.88 Å². The Morgan fingerprint density at radius 1 is 1.36 bits per heavy atom. The lowest BCUT2D eigenvalue weighted by Gasteiger charge is -2.10. The third-order valence-corrected chi connectivity index (χ3v) is 3.49.